The quantitative estimate of drug-likeness (QED) is 0.569. The highest BCUT2D eigenvalue weighted by Crippen LogP contribution is 2.30. The Hall–Kier alpha value is -3.26. The standard InChI is InChI=1S/C18H15N3O2/c1-2-21-16-6-4-3-5-14(16)15-9-13(7-8-17(15)21)20-11-12(10-19)18(22)23/h3-9,11,20H,2H2,1H3,(H,22,23). The van der Waals surface area contributed by atoms with E-state index in [0.717, 1.165) is 28.5 Å². The molecule has 23 heavy (non-hydrogen) atoms. The third-order valence-electron chi connectivity index (χ3n) is 3.82. The Labute approximate surface area is 133 Å². The van der Waals surface area contributed by atoms with Gasteiger partial charge in [-0.05, 0) is 31.2 Å². The summed E-state index contributed by atoms with van der Waals surface area (Å²) in [7, 11) is 0. The van der Waals surface area contributed by atoms with E-state index in [-0.39, 0.29) is 5.57 Å². The Morgan fingerprint density at radius 1 is 1.26 bits per heavy atom. The van der Waals surface area contributed by atoms with Gasteiger partial charge in [0.05, 0.1) is 0 Å². The molecule has 0 aliphatic heterocycles. The van der Waals surface area contributed by atoms with Crippen molar-refractivity contribution in [2.45, 2.75) is 13.5 Å². The summed E-state index contributed by atoms with van der Waals surface area (Å²) in [5.74, 6) is -1.25. The average Bonchev–Trinajstić information content (AvgIpc) is 2.88. The first kappa shape index (κ1) is 14.7. The van der Waals surface area contributed by atoms with Gasteiger partial charge in [-0.25, -0.2) is 4.79 Å². The largest absolute Gasteiger partial charge is 0.477 e. The first-order chi connectivity index (χ1) is 11.2. The third kappa shape index (κ3) is 2.51. The van der Waals surface area contributed by atoms with Gasteiger partial charge in [-0.1, -0.05) is 18.2 Å². The molecule has 0 aliphatic rings. The highest BCUT2D eigenvalue weighted by atomic mass is 16.4. The molecule has 0 spiro atoms. The summed E-state index contributed by atoms with van der Waals surface area (Å²) in [5, 5.41) is 22.8. The second kappa shape index (κ2) is 5.85. The molecule has 0 radical (unpaired) electrons. The topological polar surface area (TPSA) is 78.0 Å². The summed E-state index contributed by atoms with van der Waals surface area (Å²) < 4.78 is 2.24. The van der Waals surface area contributed by atoms with Crippen LogP contribution in [0.3, 0.4) is 0 Å². The summed E-state index contributed by atoms with van der Waals surface area (Å²) in [4.78, 5) is 10.8. The molecule has 0 unspecified atom stereocenters. The number of benzene rings is 2. The summed E-state index contributed by atoms with van der Waals surface area (Å²) in [5.41, 5.74) is 2.70. The molecular weight excluding hydrogens is 290 g/mol. The molecule has 0 aliphatic carbocycles. The minimum absolute atomic E-state index is 0.332. The number of nitrogens with zero attached hydrogens (tertiary/aromatic N) is 2. The Kier molecular flexibility index (Phi) is 3.73. The molecule has 0 amide bonds. The van der Waals surface area contributed by atoms with Crippen LogP contribution in [0.25, 0.3) is 21.8 Å². The van der Waals surface area contributed by atoms with Crippen LogP contribution in [-0.2, 0) is 11.3 Å². The molecule has 0 atom stereocenters. The number of hydrogen-bond donors (Lipinski definition) is 2. The first-order valence-corrected chi connectivity index (χ1v) is 7.26. The molecule has 0 saturated carbocycles. The highest BCUT2D eigenvalue weighted by Gasteiger charge is 2.10. The number of hydrogen-bond acceptors (Lipinski definition) is 3. The van der Waals surface area contributed by atoms with Crippen molar-refractivity contribution in [1.29, 1.82) is 5.26 Å². The van der Waals surface area contributed by atoms with E-state index < -0.39 is 5.97 Å². The maximum Gasteiger partial charge on any atom is 0.347 e. The molecule has 114 valence electrons. The van der Waals surface area contributed by atoms with E-state index in [1.54, 1.807) is 6.07 Å². The van der Waals surface area contributed by atoms with E-state index in [1.165, 1.54) is 11.7 Å². The van der Waals surface area contributed by atoms with Gasteiger partial charge in [0.15, 0.2) is 5.57 Å². The molecule has 0 bridgehead atoms. The molecule has 5 nitrogen and oxygen atoms in total. The van der Waals surface area contributed by atoms with Crippen molar-refractivity contribution in [3.63, 3.8) is 0 Å². The van der Waals surface area contributed by atoms with E-state index in [1.807, 2.05) is 30.3 Å². The fraction of sp³-hybridized carbons (Fsp3) is 0.111. The maximum absolute atomic E-state index is 10.8. The summed E-state index contributed by atoms with van der Waals surface area (Å²) in [6, 6.07) is 15.7. The van der Waals surface area contributed by atoms with Crippen molar-refractivity contribution in [2.24, 2.45) is 0 Å². The number of rotatable bonds is 4. The van der Waals surface area contributed by atoms with Gasteiger partial charge in [-0.3, -0.25) is 0 Å². The number of aliphatic carboxylic acids is 1. The van der Waals surface area contributed by atoms with Crippen LogP contribution < -0.4 is 5.32 Å². The third-order valence-corrected chi connectivity index (χ3v) is 3.82. The van der Waals surface area contributed by atoms with Gasteiger partial charge in [-0.2, -0.15) is 5.26 Å². The van der Waals surface area contributed by atoms with Crippen molar-refractivity contribution >= 4 is 33.5 Å². The zero-order valence-electron chi connectivity index (χ0n) is 12.6. The van der Waals surface area contributed by atoms with Crippen molar-refractivity contribution in [2.75, 3.05) is 5.32 Å². The predicted molar refractivity (Wildman–Crippen MR) is 90.1 cm³/mol. The average molecular weight is 305 g/mol. The lowest BCUT2D eigenvalue weighted by Crippen LogP contribution is -2.01. The van der Waals surface area contributed by atoms with Gasteiger partial charge in [0, 0.05) is 40.2 Å². The van der Waals surface area contributed by atoms with E-state index in [2.05, 4.69) is 28.9 Å². The monoisotopic (exact) mass is 305 g/mol. The summed E-state index contributed by atoms with van der Waals surface area (Å²) in [6.45, 7) is 2.97. The lowest BCUT2D eigenvalue weighted by atomic mass is 10.1. The number of para-hydroxylation sites is 1. The van der Waals surface area contributed by atoms with Crippen molar-refractivity contribution < 1.29 is 9.90 Å². The van der Waals surface area contributed by atoms with Crippen LogP contribution in [0, 0.1) is 11.3 Å². The Bertz CT molecular complexity index is 977. The number of carboxylic acid groups (broad SMARTS) is 1. The van der Waals surface area contributed by atoms with Gasteiger partial charge in [-0.15, -0.1) is 0 Å². The second-order valence-corrected chi connectivity index (χ2v) is 5.11. The van der Waals surface area contributed by atoms with Crippen molar-refractivity contribution in [1.82, 2.24) is 4.57 Å². The van der Waals surface area contributed by atoms with Gasteiger partial charge < -0.3 is 15.0 Å². The zero-order chi connectivity index (χ0) is 16.4. The number of aromatic nitrogens is 1. The Morgan fingerprint density at radius 3 is 2.70 bits per heavy atom. The second-order valence-electron chi connectivity index (χ2n) is 5.11. The molecule has 1 heterocycles. The molecule has 2 aromatic carbocycles. The number of anilines is 1. The normalized spacial score (nSPS) is 11.6. The van der Waals surface area contributed by atoms with E-state index >= 15 is 0 Å². The van der Waals surface area contributed by atoms with Crippen LogP contribution in [0.1, 0.15) is 6.92 Å². The number of carboxylic acids is 1. The van der Waals surface area contributed by atoms with Crippen LogP contribution in [0.5, 0.6) is 0 Å². The number of nitriles is 1. The van der Waals surface area contributed by atoms with Crippen molar-refractivity contribution in [3.8, 4) is 6.07 Å². The fourth-order valence-corrected chi connectivity index (χ4v) is 2.78. The fourth-order valence-electron chi connectivity index (χ4n) is 2.78. The number of fused-ring (bicyclic) bond motifs is 3. The Balaban J connectivity index is 2.11. The molecule has 3 aromatic rings. The van der Waals surface area contributed by atoms with Gasteiger partial charge in [0.25, 0.3) is 0 Å². The Morgan fingerprint density at radius 2 is 2.00 bits per heavy atom. The number of aryl methyl sites for hydroxylation is 1. The van der Waals surface area contributed by atoms with Gasteiger partial charge >= 0.3 is 5.97 Å². The molecule has 2 N–H and O–H groups in total. The van der Waals surface area contributed by atoms with Crippen LogP contribution in [0.4, 0.5) is 5.69 Å². The molecule has 1 aromatic heterocycles. The molecule has 0 fully saturated rings. The SMILES string of the molecule is CCn1c2ccccc2c2cc(NC=C(C#N)C(=O)O)ccc21. The lowest BCUT2D eigenvalue weighted by molar-refractivity contribution is -0.132. The molecular formula is C18H15N3O2. The molecule has 3 rings (SSSR count). The smallest absolute Gasteiger partial charge is 0.347 e. The zero-order valence-corrected chi connectivity index (χ0v) is 12.6. The molecule has 0 saturated heterocycles. The minimum atomic E-state index is -1.25. The first-order valence-electron chi connectivity index (χ1n) is 7.26. The number of nitrogens with one attached hydrogen (secondary N) is 1. The predicted octanol–water partition coefficient (Wildman–Crippen LogP) is 3.72. The van der Waals surface area contributed by atoms with Crippen LogP contribution in [0.15, 0.2) is 54.2 Å². The molecule has 5 heteroatoms. The van der Waals surface area contributed by atoms with Crippen LogP contribution in [0.2, 0.25) is 0 Å². The maximum atomic E-state index is 10.8. The van der Waals surface area contributed by atoms with Gasteiger partial charge in [0.2, 0.25) is 0 Å². The lowest BCUT2D eigenvalue weighted by Gasteiger charge is -2.04. The minimum Gasteiger partial charge on any atom is -0.477 e. The highest BCUT2D eigenvalue weighted by molar-refractivity contribution is 6.09. The van der Waals surface area contributed by atoms with E-state index in [4.69, 9.17) is 10.4 Å². The summed E-state index contributed by atoms with van der Waals surface area (Å²) in [6.07, 6.45) is 1.21. The summed E-state index contributed by atoms with van der Waals surface area (Å²) >= 11 is 0. The van der Waals surface area contributed by atoms with E-state index in [9.17, 15) is 4.79 Å². The van der Waals surface area contributed by atoms with Gasteiger partial charge in [0.1, 0.15) is 6.07 Å². The van der Waals surface area contributed by atoms with Crippen LogP contribution in [-0.4, -0.2) is 15.6 Å². The van der Waals surface area contributed by atoms with Crippen molar-refractivity contribution in [3.05, 3.63) is 54.2 Å². The van der Waals surface area contributed by atoms with E-state index in [0.29, 0.717) is 0 Å². The van der Waals surface area contributed by atoms with Crippen LogP contribution >= 0.6 is 0 Å². The number of carbonyl (C=O) groups is 1.